The second-order valence-corrected chi connectivity index (χ2v) is 6.57. The van der Waals surface area contributed by atoms with E-state index in [1.54, 1.807) is 16.8 Å². The van der Waals surface area contributed by atoms with E-state index < -0.39 is 0 Å². The Labute approximate surface area is 146 Å². The van der Waals surface area contributed by atoms with Crippen molar-refractivity contribution in [1.82, 2.24) is 20.3 Å². The molecule has 0 aliphatic heterocycles. The third kappa shape index (κ3) is 3.30. The summed E-state index contributed by atoms with van der Waals surface area (Å²) in [6.07, 6.45) is 3.78. The third-order valence-corrected chi connectivity index (χ3v) is 4.88. The van der Waals surface area contributed by atoms with Crippen molar-refractivity contribution in [2.45, 2.75) is 38.6 Å². The van der Waals surface area contributed by atoms with Gasteiger partial charge >= 0.3 is 0 Å². The van der Waals surface area contributed by atoms with Crippen molar-refractivity contribution in [3.63, 3.8) is 0 Å². The molecule has 0 bridgehead atoms. The quantitative estimate of drug-likeness (QED) is 0.869. The Morgan fingerprint density at radius 3 is 3.00 bits per heavy atom. The van der Waals surface area contributed by atoms with Crippen LogP contribution in [0.4, 0.5) is 0 Å². The topological polar surface area (TPSA) is 85.8 Å². The highest BCUT2D eigenvalue weighted by Gasteiger charge is 2.29. The Balaban J connectivity index is 1.85. The number of halogens is 1. The van der Waals surface area contributed by atoms with Crippen molar-refractivity contribution in [1.29, 1.82) is 0 Å². The van der Waals surface area contributed by atoms with Crippen molar-refractivity contribution in [2.75, 3.05) is 6.54 Å². The summed E-state index contributed by atoms with van der Waals surface area (Å²) < 4.78 is 1.68. The summed E-state index contributed by atoms with van der Waals surface area (Å²) in [6.45, 7) is 2.58. The summed E-state index contributed by atoms with van der Waals surface area (Å²) in [4.78, 5) is 12.7. The zero-order valence-electron chi connectivity index (χ0n) is 13.7. The van der Waals surface area contributed by atoms with Crippen LogP contribution in [0.1, 0.15) is 42.4 Å². The minimum absolute atomic E-state index is 0.128. The van der Waals surface area contributed by atoms with E-state index >= 15 is 0 Å². The number of nitrogens with two attached hydrogens (primary N) is 1. The maximum absolute atomic E-state index is 12.7. The van der Waals surface area contributed by atoms with Gasteiger partial charge in [-0.1, -0.05) is 36.2 Å². The molecule has 1 heterocycles. The lowest BCUT2D eigenvalue weighted by Crippen LogP contribution is -2.40. The number of rotatable bonds is 5. The molecule has 0 spiro atoms. The number of carbonyl (C=O) groups excluding carboxylic acids is 1. The summed E-state index contributed by atoms with van der Waals surface area (Å²) >= 11 is 6.05. The van der Waals surface area contributed by atoms with Crippen molar-refractivity contribution in [2.24, 2.45) is 11.7 Å². The molecule has 1 aromatic heterocycles. The van der Waals surface area contributed by atoms with Crippen LogP contribution in [0, 0.1) is 5.92 Å². The Hall–Kier alpha value is -1.92. The second kappa shape index (κ2) is 7.32. The average Bonchev–Trinajstić information content (AvgIpc) is 3.20. The fourth-order valence-electron chi connectivity index (χ4n) is 3.36. The van der Waals surface area contributed by atoms with Crippen molar-refractivity contribution < 1.29 is 4.79 Å². The first-order valence-electron chi connectivity index (χ1n) is 8.35. The van der Waals surface area contributed by atoms with E-state index in [1.807, 2.05) is 19.1 Å². The highest BCUT2D eigenvalue weighted by Crippen LogP contribution is 2.25. The summed E-state index contributed by atoms with van der Waals surface area (Å²) in [5.74, 6) is 0.174. The van der Waals surface area contributed by atoms with Crippen LogP contribution in [0.15, 0.2) is 24.3 Å². The molecule has 2 atom stereocenters. The molecule has 1 aliphatic rings. The lowest BCUT2D eigenvalue weighted by atomic mass is 10.0. The summed E-state index contributed by atoms with van der Waals surface area (Å²) in [5.41, 5.74) is 7.74. The van der Waals surface area contributed by atoms with Crippen LogP contribution in [-0.4, -0.2) is 33.5 Å². The van der Waals surface area contributed by atoms with Crippen molar-refractivity contribution in [3.05, 3.63) is 40.7 Å². The van der Waals surface area contributed by atoms with Gasteiger partial charge in [0.25, 0.3) is 5.91 Å². The molecule has 3 rings (SSSR count). The van der Waals surface area contributed by atoms with E-state index in [9.17, 15) is 4.79 Å². The van der Waals surface area contributed by atoms with Crippen LogP contribution in [0.2, 0.25) is 5.02 Å². The van der Waals surface area contributed by atoms with E-state index in [-0.39, 0.29) is 11.9 Å². The zero-order chi connectivity index (χ0) is 17.1. The number of hydrogen-bond acceptors (Lipinski definition) is 4. The minimum Gasteiger partial charge on any atom is -0.348 e. The molecule has 1 fully saturated rings. The molecule has 6 nitrogen and oxygen atoms in total. The normalized spacial score (nSPS) is 20.3. The number of nitrogens with zero attached hydrogens (tertiary/aromatic N) is 3. The number of carbonyl (C=O) groups is 1. The van der Waals surface area contributed by atoms with Crippen LogP contribution in [0.25, 0.3) is 5.69 Å². The van der Waals surface area contributed by atoms with Crippen LogP contribution in [0.3, 0.4) is 0 Å². The molecule has 1 aromatic carbocycles. The molecule has 3 N–H and O–H groups in total. The Kier molecular flexibility index (Phi) is 5.16. The molecule has 7 heteroatoms. The second-order valence-electron chi connectivity index (χ2n) is 6.14. The number of aromatic nitrogens is 3. The Morgan fingerprint density at radius 1 is 1.46 bits per heavy atom. The number of hydrogen-bond donors (Lipinski definition) is 2. The summed E-state index contributed by atoms with van der Waals surface area (Å²) in [7, 11) is 0. The lowest BCUT2D eigenvalue weighted by Gasteiger charge is -2.19. The minimum atomic E-state index is -0.175. The first-order chi connectivity index (χ1) is 11.6. The fourth-order valence-corrected chi connectivity index (χ4v) is 3.54. The predicted octanol–water partition coefficient (Wildman–Crippen LogP) is 2.34. The number of amides is 1. The highest BCUT2D eigenvalue weighted by molar-refractivity contribution is 6.30. The monoisotopic (exact) mass is 347 g/mol. The van der Waals surface area contributed by atoms with Crippen LogP contribution in [0.5, 0.6) is 0 Å². The van der Waals surface area contributed by atoms with Crippen molar-refractivity contribution in [3.8, 4) is 5.69 Å². The number of benzene rings is 1. The van der Waals surface area contributed by atoms with E-state index in [1.165, 1.54) is 0 Å². The third-order valence-electron chi connectivity index (χ3n) is 4.64. The number of nitrogens with one attached hydrogen (secondary N) is 1. The van der Waals surface area contributed by atoms with Gasteiger partial charge in [0, 0.05) is 11.1 Å². The standard InChI is InChI=1S/C17H22ClN5O/c1-2-15-16(17(24)20-14-8-3-5-11(14)10-19)21-22-23(15)13-7-4-6-12(18)9-13/h4,6-7,9,11,14H,2-3,5,8,10,19H2,1H3,(H,20,24). The van der Waals surface area contributed by atoms with Crippen LogP contribution < -0.4 is 11.1 Å². The summed E-state index contributed by atoms with van der Waals surface area (Å²) in [6, 6.07) is 7.47. The molecule has 1 amide bonds. The van der Waals surface area contributed by atoms with Crippen molar-refractivity contribution >= 4 is 17.5 Å². The molecule has 128 valence electrons. The molecule has 0 saturated heterocycles. The van der Waals surface area contributed by atoms with E-state index in [2.05, 4.69) is 15.6 Å². The smallest absolute Gasteiger partial charge is 0.274 e. The van der Waals surface area contributed by atoms with Gasteiger partial charge in [0.15, 0.2) is 5.69 Å². The average molecular weight is 348 g/mol. The zero-order valence-corrected chi connectivity index (χ0v) is 14.5. The maximum Gasteiger partial charge on any atom is 0.274 e. The van der Waals surface area contributed by atoms with Gasteiger partial charge in [-0.25, -0.2) is 4.68 Å². The van der Waals surface area contributed by atoms with Crippen LogP contribution >= 0.6 is 11.6 Å². The summed E-state index contributed by atoms with van der Waals surface area (Å²) in [5, 5.41) is 12.0. The largest absolute Gasteiger partial charge is 0.348 e. The maximum atomic E-state index is 12.7. The van der Waals surface area contributed by atoms with Gasteiger partial charge in [0.2, 0.25) is 0 Å². The molecule has 0 radical (unpaired) electrons. The van der Waals surface area contributed by atoms with Gasteiger partial charge < -0.3 is 11.1 Å². The van der Waals surface area contributed by atoms with Crippen LogP contribution in [-0.2, 0) is 6.42 Å². The van der Waals surface area contributed by atoms with Gasteiger partial charge in [-0.2, -0.15) is 0 Å². The van der Waals surface area contributed by atoms with E-state index in [0.29, 0.717) is 29.6 Å². The van der Waals surface area contributed by atoms with Gasteiger partial charge in [-0.15, -0.1) is 5.10 Å². The SMILES string of the molecule is CCc1c(C(=O)NC2CCCC2CN)nnn1-c1cccc(Cl)c1. The predicted molar refractivity (Wildman–Crippen MR) is 93.4 cm³/mol. The van der Waals surface area contributed by atoms with Gasteiger partial charge in [0.1, 0.15) is 0 Å². The molecule has 2 aromatic rings. The first-order valence-corrected chi connectivity index (χ1v) is 8.73. The fraction of sp³-hybridized carbons (Fsp3) is 0.471. The Morgan fingerprint density at radius 2 is 2.29 bits per heavy atom. The molecule has 2 unspecified atom stereocenters. The van der Waals surface area contributed by atoms with Gasteiger partial charge in [-0.05, 0) is 49.9 Å². The highest BCUT2D eigenvalue weighted by atomic mass is 35.5. The molecular weight excluding hydrogens is 326 g/mol. The first kappa shape index (κ1) is 16.9. The van der Waals surface area contributed by atoms with E-state index in [4.69, 9.17) is 17.3 Å². The molecule has 24 heavy (non-hydrogen) atoms. The molecule has 1 aliphatic carbocycles. The van der Waals surface area contributed by atoms with E-state index in [0.717, 1.165) is 30.6 Å². The molecule has 1 saturated carbocycles. The molecular formula is C17H22ClN5O. The van der Waals surface area contributed by atoms with Gasteiger partial charge in [-0.3, -0.25) is 4.79 Å². The van der Waals surface area contributed by atoms with Gasteiger partial charge in [0.05, 0.1) is 11.4 Å². The Bertz CT molecular complexity index is 730. The lowest BCUT2D eigenvalue weighted by molar-refractivity contribution is 0.0922.